The highest BCUT2D eigenvalue weighted by Crippen LogP contribution is 2.51. The molecular formula is C31H23NO3S. The number of nitrogens with zero attached hydrogens (tertiary/aromatic N) is 1. The number of para-hydroxylation sites is 2. The van der Waals surface area contributed by atoms with Gasteiger partial charge in [-0.15, -0.1) is 11.3 Å². The second kappa shape index (κ2) is 10.4. The summed E-state index contributed by atoms with van der Waals surface area (Å²) in [4.78, 5) is 26.7. The van der Waals surface area contributed by atoms with Crippen molar-refractivity contribution in [2.24, 2.45) is 0 Å². The highest BCUT2D eigenvalue weighted by molar-refractivity contribution is 7.19. The molecule has 5 aromatic rings. The Labute approximate surface area is 214 Å². The van der Waals surface area contributed by atoms with Gasteiger partial charge in [-0.3, -0.25) is 9.59 Å². The smallest absolute Gasteiger partial charge is 0.308 e. The lowest BCUT2D eigenvalue weighted by molar-refractivity contribution is -0.131. The van der Waals surface area contributed by atoms with E-state index in [-0.39, 0.29) is 5.97 Å². The predicted octanol–water partition coefficient (Wildman–Crippen LogP) is 8.29. The predicted molar refractivity (Wildman–Crippen MR) is 147 cm³/mol. The van der Waals surface area contributed by atoms with Gasteiger partial charge in [0.25, 0.3) is 0 Å². The number of hydrogen-bond donors (Lipinski definition) is 0. The minimum Gasteiger partial charge on any atom is -0.427 e. The Morgan fingerprint density at radius 2 is 1.19 bits per heavy atom. The quantitative estimate of drug-likeness (QED) is 0.131. The van der Waals surface area contributed by atoms with E-state index in [2.05, 4.69) is 29.2 Å². The zero-order valence-electron chi connectivity index (χ0n) is 19.6. The Kier molecular flexibility index (Phi) is 6.74. The van der Waals surface area contributed by atoms with E-state index in [1.54, 1.807) is 12.1 Å². The molecule has 4 nitrogen and oxygen atoms in total. The number of carbonyl (C=O) groups excluding carboxylic acids is 2. The molecule has 0 amide bonds. The van der Waals surface area contributed by atoms with Gasteiger partial charge >= 0.3 is 5.97 Å². The standard InChI is InChI=1S/C31H23NO3S/c1-22(34)35-27-19-17-24(18-20-27)30-29(23-11-5-2-6-12-23)28(21-33)36-31(30)32(25-13-7-3-8-14-25)26-15-9-4-10-16-26/h2-21H,1H3. The molecule has 0 aliphatic heterocycles. The minimum absolute atomic E-state index is 0.369. The first-order valence-electron chi connectivity index (χ1n) is 11.5. The zero-order chi connectivity index (χ0) is 24.9. The minimum atomic E-state index is -0.369. The van der Waals surface area contributed by atoms with Crippen molar-refractivity contribution in [2.45, 2.75) is 6.92 Å². The molecule has 0 radical (unpaired) electrons. The Morgan fingerprint density at radius 1 is 0.694 bits per heavy atom. The van der Waals surface area contributed by atoms with Crippen molar-refractivity contribution in [3.8, 4) is 28.0 Å². The molecule has 0 saturated carbocycles. The lowest BCUT2D eigenvalue weighted by Gasteiger charge is -2.25. The van der Waals surface area contributed by atoms with E-state index in [1.165, 1.54) is 18.3 Å². The number of carbonyl (C=O) groups is 2. The monoisotopic (exact) mass is 489 g/mol. The lowest BCUT2D eigenvalue weighted by atomic mass is 9.95. The molecule has 0 aliphatic carbocycles. The third-order valence-corrected chi connectivity index (χ3v) is 6.82. The van der Waals surface area contributed by atoms with Gasteiger partial charge in [-0.25, -0.2) is 0 Å². The van der Waals surface area contributed by atoms with Crippen LogP contribution in [0.2, 0.25) is 0 Å². The largest absolute Gasteiger partial charge is 0.427 e. The van der Waals surface area contributed by atoms with Crippen molar-refractivity contribution in [2.75, 3.05) is 4.90 Å². The SMILES string of the molecule is CC(=O)Oc1ccc(-c2c(N(c3ccccc3)c3ccccc3)sc(C=O)c2-c2ccccc2)cc1. The van der Waals surface area contributed by atoms with Gasteiger partial charge in [0.2, 0.25) is 0 Å². The number of aldehydes is 1. The van der Waals surface area contributed by atoms with E-state index in [9.17, 15) is 9.59 Å². The second-order valence-corrected chi connectivity index (χ2v) is 9.16. The van der Waals surface area contributed by atoms with Crippen molar-refractivity contribution in [3.63, 3.8) is 0 Å². The van der Waals surface area contributed by atoms with Crippen LogP contribution in [0.1, 0.15) is 16.6 Å². The molecule has 0 saturated heterocycles. The molecule has 0 atom stereocenters. The van der Waals surface area contributed by atoms with Gasteiger partial charge < -0.3 is 9.64 Å². The molecule has 1 heterocycles. The number of rotatable bonds is 7. The molecule has 176 valence electrons. The first kappa shape index (κ1) is 23.3. The number of esters is 1. The maximum atomic E-state index is 12.4. The number of ether oxygens (including phenoxy) is 1. The summed E-state index contributed by atoms with van der Waals surface area (Å²) in [5, 5.41) is 0.925. The number of thiophene rings is 1. The van der Waals surface area contributed by atoms with Crippen LogP contribution in [0.25, 0.3) is 22.3 Å². The summed E-state index contributed by atoms with van der Waals surface area (Å²) in [6, 6.07) is 37.6. The van der Waals surface area contributed by atoms with E-state index < -0.39 is 0 Å². The van der Waals surface area contributed by atoms with E-state index in [0.717, 1.165) is 44.9 Å². The van der Waals surface area contributed by atoms with Crippen LogP contribution in [0.3, 0.4) is 0 Å². The van der Waals surface area contributed by atoms with Crippen molar-refractivity contribution in [3.05, 3.63) is 120 Å². The fraction of sp³-hybridized carbons (Fsp3) is 0.0323. The zero-order valence-corrected chi connectivity index (χ0v) is 20.4. The highest BCUT2D eigenvalue weighted by atomic mass is 32.1. The van der Waals surface area contributed by atoms with E-state index >= 15 is 0 Å². The normalized spacial score (nSPS) is 10.6. The van der Waals surface area contributed by atoms with Crippen LogP contribution < -0.4 is 9.64 Å². The third-order valence-electron chi connectivity index (χ3n) is 5.72. The summed E-state index contributed by atoms with van der Waals surface area (Å²) in [5.41, 5.74) is 5.67. The fourth-order valence-electron chi connectivity index (χ4n) is 4.23. The number of benzene rings is 4. The van der Waals surface area contributed by atoms with Crippen molar-refractivity contribution >= 4 is 40.0 Å². The van der Waals surface area contributed by atoms with E-state index in [1.807, 2.05) is 78.9 Å². The average Bonchev–Trinajstić information content (AvgIpc) is 3.30. The van der Waals surface area contributed by atoms with Crippen LogP contribution in [-0.2, 0) is 4.79 Å². The fourth-order valence-corrected chi connectivity index (χ4v) is 5.43. The Bertz CT molecular complexity index is 1440. The second-order valence-electron chi connectivity index (χ2n) is 8.13. The molecule has 5 heteroatoms. The summed E-state index contributed by atoms with van der Waals surface area (Å²) >= 11 is 1.46. The van der Waals surface area contributed by atoms with Gasteiger partial charge in [0.05, 0.1) is 4.88 Å². The highest BCUT2D eigenvalue weighted by Gasteiger charge is 2.26. The molecule has 4 aromatic carbocycles. The maximum absolute atomic E-state index is 12.4. The summed E-state index contributed by atoms with van der Waals surface area (Å²) in [7, 11) is 0. The first-order valence-corrected chi connectivity index (χ1v) is 12.3. The molecule has 0 N–H and O–H groups in total. The molecular weight excluding hydrogens is 466 g/mol. The van der Waals surface area contributed by atoms with Gasteiger partial charge in [-0.2, -0.15) is 0 Å². The number of anilines is 3. The average molecular weight is 490 g/mol. The molecule has 0 fully saturated rings. The van der Waals surface area contributed by atoms with Crippen LogP contribution in [0.15, 0.2) is 115 Å². The van der Waals surface area contributed by atoms with Crippen molar-refractivity contribution in [1.29, 1.82) is 0 Å². The van der Waals surface area contributed by atoms with E-state index in [0.29, 0.717) is 10.6 Å². The molecule has 0 unspecified atom stereocenters. The summed E-state index contributed by atoms with van der Waals surface area (Å²) in [5.74, 6) is 0.106. The van der Waals surface area contributed by atoms with Crippen LogP contribution in [0.5, 0.6) is 5.75 Å². The van der Waals surface area contributed by atoms with Crippen LogP contribution in [0, 0.1) is 0 Å². The molecule has 5 rings (SSSR count). The summed E-state index contributed by atoms with van der Waals surface area (Å²) in [6.07, 6.45) is 0.932. The van der Waals surface area contributed by atoms with Crippen LogP contribution in [0.4, 0.5) is 16.4 Å². The molecule has 0 bridgehead atoms. The summed E-state index contributed by atoms with van der Waals surface area (Å²) < 4.78 is 5.26. The molecule has 1 aromatic heterocycles. The third kappa shape index (κ3) is 4.69. The van der Waals surface area contributed by atoms with Crippen LogP contribution >= 0.6 is 11.3 Å². The van der Waals surface area contributed by atoms with Gasteiger partial charge in [0.1, 0.15) is 10.8 Å². The van der Waals surface area contributed by atoms with Crippen molar-refractivity contribution < 1.29 is 14.3 Å². The van der Waals surface area contributed by atoms with Gasteiger partial charge in [-0.05, 0) is 47.5 Å². The topological polar surface area (TPSA) is 46.6 Å². The number of hydrogen-bond acceptors (Lipinski definition) is 5. The molecule has 0 spiro atoms. The Morgan fingerprint density at radius 3 is 1.69 bits per heavy atom. The molecule has 36 heavy (non-hydrogen) atoms. The van der Waals surface area contributed by atoms with Gasteiger partial charge in [-0.1, -0.05) is 78.9 Å². The van der Waals surface area contributed by atoms with Crippen LogP contribution in [-0.4, -0.2) is 12.3 Å². The van der Waals surface area contributed by atoms with Gasteiger partial charge in [0, 0.05) is 29.4 Å². The van der Waals surface area contributed by atoms with E-state index in [4.69, 9.17) is 4.74 Å². The van der Waals surface area contributed by atoms with Crippen molar-refractivity contribution in [1.82, 2.24) is 0 Å². The summed E-state index contributed by atoms with van der Waals surface area (Å²) in [6.45, 7) is 1.38. The lowest BCUT2D eigenvalue weighted by Crippen LogP contribution is -2.09. The van der Waals surface area contributed by atoms with Gasteiger partial charge in [0.15, 0.2) is 6.29 Å². The molecule has 0 aliphatic rings. The maximum Gasteiger partial charge on any atom is 0.308 e. The first-order chi connectivity index (χ1) is 17.7. The Hall–Kier alpha value is -4.48. The Balaban J connectivity index is 1.80.